The number of ether oxygens (including phenoxy) is 4. The van der Waals surface area contributed by atoms with E-state index in [1.54, 1.807) is 6.92 Å². The second-order valence-electron chi connectivity index (χ2n) is 5.53. The van der Waals surface area contributed by atoms with E-state index in [1.807, 2.05) is 0 Å². The third-order valence-corrected chi connectivity index (χ3v) is 3.13. The van der Waals surface area contributed by atoms with E-state index in [-0.39, 0.29) is 12.5 Å². The van der Waals surface area contributed by atoms with Crippen LogP contribution in [0.5, 0.6) is 0 Å². The lowest BCUT2D eigenvalue weighted by Gasteiger charge is -2.14. The zero-order chi connectivity index (χ0) is 20.2. The first-order valence-corrected chi connectivity index (χ1v) is 9.16. The van der Waals surface area contributed by atoms with Gasteiger partial charge in [0.2, 0.25) is 18.2 Å². The fraction of sp³-hybridized carbons (Fsp3) is 0.824. The Labute approximate surface area is 160 Å². The molecular weight excluding hydrogens is 358 g/mol. The first-order valence-electron chi connectivity index (χ1n) is 9.16. The minimum absolute atomic E-state index is 0.165. The van der Waals surface area contributed by atoms with Crippen LogP contribution in [0.15, 0.2) is 0 Å². The topological polar surface area (TPSA) is 124 Å². The molecule has 0 bridgehead atoms. The Morgan fingerprint density at radius 1 is 0.889 bits per heavy atom. The first-order chi connectivity index (χ1) is 13.1. The molecule has 3 amide bonds. The molecule has 0 aliphatic heterocycles. The molecule has 10 nitrogen and oxygen atoms in total. The molecule has 0 saturated heterocycles. The van der Waals surface area contributed by atoms with Gasteiger partial charge in [0.25, 0.3) is 0 Å². The monoisotopic (exact) mass is 391 g/mol. The maximum atomic E-state index is 11.8. The Hall–Kier alpha value is -1.75. The lowest BCUT2D eigenvalue weighted by atomic mass is 10.3. The average Bonchev–Trinajstić information content (AvgIpc) is 2.66. The summed E-state index contributed by atoms with van der Waals surface area (Å²) in [7, 11) is 0. The van der Waals surface area contributed by atoms with E-state index < -0.39 is 11.9 Å². The zero-order valence-electron chi connectivity index (χ0n) is 16.3. The Kier molecular flexibility index (Phi) is 17.8. The summed E-state index contributed by atoms with van der Waals surface area (Å²) in [6.45, 7) is 7.89. The van der Waals surface area contributed by atoms with E-state index >= 15 is 0 Å². The Bertz CT molecular complexity index is 397. The van der Waals surface area contributed by atoms with Crippen LogP contribution < -0.4 is 16.0 Å². The van der Waals surface area contributed by atoms with Crippen molar-refractivity contribution in [1.29, 1.82) is 0 Å². The van der Waals surface area contributed by atoms with Gasteiger partial charge in [0.1, 0.15) is 6.04 Å². The number of nitrogens with one attached hydrogen (secondary N) is 3. The van der Waals surface area contributed by atoms with Crippen LogP contribution in [0.3, 0.4) is 0 Å². The molecular formula is C17H33N3O7. The molecule has 1 unspecified atom stereocenters. The van der Waals surface area contributed by atoms with Gasteiger partial charge in [0.05, 0.1) is 52.8 Å². The number of carbonyl (C=O) groups is 3. The SMILES string of the molecule is CCCOCCOCCOCCOCCNC(=O)C(C)NC(=O)CNC=O. The zero-order valence-corrected chi connectivity index (χ0v) is 16.3. The Morgan fingerprint density at radius 2 is 1.41 bits per heavy atom. The van der Waals surface area contributed by atoms with Gasteiger partial charge < -0.3 is 34.9 Å². The van der Waals surface area contributed by atoms with E-state index in [0.29, 0.717) is 59.2 Å². The number of amides is 3. The highest BCUT2D eigenvalue weighted by atomic mass is 16.6. The van der Waals surface area contributed by atoms with Gasteiger partial charge in [-0.15, -0.1) is 0 Å². The summed E-state index contributed by atoms with van der Waals surface area (Å²) >= 11 is 0. The molecule has 0 spiro atoms. The summed E-state index contributed by atoms with van der Waals surface area (Å²) in [5.41, 5.74) is 0. The van der Waals surface area contributed by atoms with Crippen molar-refractivity contribution >= 4 is 18.2 Å². The van der Waals surface area contributed by atoms with Crippen LogP contribution in [-0.4, -0.2) is 90.2 Å². The van der Waals surface area contributed by atoms with Crippen molar-refractivity contribution in [2.45, 2.75) is 26.3 Å². The van der Waals surface area contributed by atoms with Crippen molar-refractivity contribution in [3.8, 4) is 0 Å². The second-order valence-corrected chi connectivity index (χ2v) is 5.53. The number of hydrogen-bond acceptors (Lipinski definition) is 7. The van der Waals surface area contributed by atoms with Crippen LogP contribution in [0.4, 0.5) is 0 Å². The molecule has 0 aromatic carbocycles. The van der Waals surface area contributed by atoms with E-state index in [0.717, 1.165) is 13.0 Å². The molecule has 27 heavy (non-hydrogen) atoms. The van der Waals surface area contributed by atoms with E-state index in [9.17, 15) is 14.4 Å². The summed E-state index contributed by atoms with van der Waals surface area (Å²) in [4.78, 5) is 33.2. The highest BCUT2D eigenvalue weighted by Crippen LogP contribution is 1.85. The van der Waals surface area contributed by atoms with E-state index in [2.05, 4.69) is 22.9 Å². The normalized spacial score (nSPS) is 11.6. The molecule has 0 aliphatic rings. The third-order valence-electron chi connectivity index (χ3n) is 3.13. The quantitative estimate of drug-likeness (QED) is 0.187. The Balaban J connectivity index is 3.37. The van der Waals surface area contributed by atoms with Crippen LogP contribution in [-0.2, 0) is 33.3 Å². The van der Waals surface area contributed by atoms with E-state index in [1.165, 1.54) is 0 Å². The predicted molar refractivity (Wildman–Crippen MR) is 98.2 cm³/mol. The largest absolute Gasteiger partial charge is 0.379 e. The molecule has 158 valence electrons. The van der Waals surface area contributed by atoms with Crippen LogP contribution in [0.25, 0.3) is 0 Å². The van der Waals surface area contributed by atoms with Gasteiger partial charge in [-0.05, 0) is 13.3 Å². The first kappa shape index (κ1) is 25.2. The molecule has 0 aliphatic carbocycles. The van der Waals surface area contributed by atoms with Crippen LogP contribution in [0, 0.1) is 0 Å². The highest BCUT2D eigenvalue weighted by Gasteiger charge is 2.14. The maximum Gasteiger partial charge on any atom is 0.242 e. The fourth-order valence-electron chi connectivity index (χ4n) is 1.80. The molecule has 0 rings (SSSR count). The minimum atomic E-state index is -0.693. The molecule has 0 radical (unpaired) electrons. The fourth-order valence-corrected chi connectivity index (χ4v) is 1.80. The number of rotatable bonds is 19. The summed E-state index contributed by atoms with van der Waals surface area (Å²) in [5.74, 6) is -0.759. The van der Waals surface area contributed by atoms with Gasteiger partial charge in [-0.25, -0.2) is 0 Å². The lowest BCUT2D eigenvalue weighted by Crippen LogP contribution is -2.47. The van der Waals surface area contributed by atoms with E-state index in [4.69, 9.17) is 18.9 Å². The van der Waals surface area contributed by atoms with Gasteiger partial charge in [-0.1, -0.05) is 6.92 Å². The van der Waals surface area contributed by atoms with Crippen LogP contribution >= 0.6 is 0 Å². The highest BCUT2D eigenvalue weighted by molar-refractivity contribution is 5.88. The molecule has 1 atom stereocenters. The van der Waals surface area contributed by atoms with Crippen molar-refractivity contribution < 1.29 is 33.3 Å². The van der Waals surface area contributed by atoms with Crippen molar-refractivity contribution in [3.05, 3.63) is 0 Å². The molecule has 0 saturated carbocycles. The lowest BCUT2D eigenvalue weighted by molar-refractivity contribution is -0.128. The van der Waals surface area contributed by atoms with Crippen molar-refractivity contribution in [2.75, 3.05) is 65.9 Å². The van der Waals surface area contributed by atoms with Gasteiger partial charge in [-0.2, -0.15) is 0 Å². The molecule has 0 aromatic rings. The van der Waals surface area contributed by atoms with Crippen molar-refractivity contribution in [2.24, 2.45) is 0 Å². The minimum Gasteiger partial charge on any atom is -0.379 e. The maximum absolute atomic E-state index is 11.8. The van der Waals surface area contributed by atoms with Crippen molar-refractivity contribution in [1.82, 2.24) is 16.0 Å². The summed E-state index contributed by atoms with van der Waals surface area (Å²) in [5, 5.41) is 7.32. The second kappa shape index (κ2) is 19.0. The summed E-state index contributed by atoms with van der Waals surface area (Å²) < 4.78 is 21.3. The molecule has 0 aromatic heterocycles. The summed E-state index contributed by atoms with van der Waals surface area (Å²) in [6.07, 6.45) is 1.42. The molecule has 3 N–H and O–H groups in total. The third kappa shape index (κ3) is 17.4. The smallest absolute Gasteiger partial charge is 0.242 e. The number of carbonyl (C=O) groups excluding carboxylic acids is 3. The van der Waals surface area contributed by atoms with Gasteiger partial charge >= 0.3 is 0 Å². The van der Waals surface area contributed by atoms with Gasteiger partial charge in [0, 0.05) is 13.2 Å². The van der Waals surface area contributed by atoms with Crippen molar-refractivity contribution in [3.63, 3.8) is 0 Å². The molecule has 0 fully saturated rings. The Morgan fingerprint density at radius 3 is 1.93 bits per heavy atom. The standard InChI is InChI=1S/C17H33N3O7/c1-3-5-24-7-9-26-11-12-27-10-8-25-6-4-19-17(23)15(2)20-16(22)13-18-14-21/h14-15H,3-13H2,1-2H3,(H,18,21)(H,19,23)(H,20,22). The van der Waals surface area contributed by atoms with Crippen LogP contribution in [0.1, 0.15) is 20.3 Å². The predicted octanol–water partition coefficient (Wildman–Crippen LogP) is -1.17. The van der Waals surface area contributed by atoms with Crippen LogP contribution in [0.2, 0.25) is 0 Å². The summed E-state index contributed by atoms with van der Waals surface area (Å²) in [6, 6.07) is -0.693. The van der Waals surface area contributed by atoms with Gasteiger partial charge in [0.15, 0.2) is 0 Å². The number of hydrogen-bond donors (Lipinski definition) is 3. The van der Waals surface area contributed by atoms with Gasteiger partial charge in [-0.3, -0.25) is 14.4 Å². The average molecular weight is 391 g/mol. The molecule has 0 heterocycles. The molecule has 10 heteroatoms.